The van der Waals surface area contributed by atoms with Crippen molar-refractivity contribution in [2.75, 3.05) is 20.4 Å². The molecule has 0 atom stereocenters. The van der Waals surface area contributed by atoms with Crippen molar-refractivity contribution in [2.45, 2.75) is 4.90 Å². The van der Waals surface area contributed by atoms with Gasteiger partial charge in [0, 0.05) is 25.9 Å². The smallest absolute Gasteiger partial charge is 0.265 e. The molecule has 0 heterocycles. The van der Waals surface area contributed by atoms with Crippen molar-refractivity contribution in [1.29, 1.82) is 0 Å². The monoisotopic (exact) mass is 242 g/mol. The standard InChI is InChI=1S/C10H14N2O3S/c1-12(2)11-10(13)8-4-6-9(7-5-8)16(3,14)15/h4-7H,1-3H3,(H,11,13). The van der Waals surface area contributed by atoms with Gasteiger partial charge in [0.2, 0.25) is 0 Å². The molecule has 0 spiro atoms. The van der Waals surface area contributed by atoms with Gasteiger partial charge in [-0.25, -0.2) is 13.4 Å². The van der Waals surface area contributed by atoms with Crippen LogP contribution in [0.1, 0.15) is 10.4 Å². The van der Waals surface area contributed by atoms with Crippen molar-refractivity contribution in [3.63, 3.8) is 0 Å². The van der Waals surface area contributed by atoms with E-state index in [9.17, 15) is 13.2 Å². The van der Waals surface area contributed by atoms with Gasteiger partial charge < -0.3 is 0 Å². The van der Waals surface area contributed by atoms with Gasteiger partial charge in [0.05, 0.1) is 4.90 Å². The van der Waals surface area contributed by atoms with Crippen molar-refractivity contribution < 1.29 is 13.2 Å². The highest BCUT2D eigenvalue weighted by molar-refractivity contribution is 7.90. The molecule has 16 heavy (non-hydrogen) atoms. The van der Waals surface area contributed by atoms with Gasteiger partial charge in [0.15, 0.2) is 9.84 Å². The Bertz CT molecular complexity index is 477. The summed E-state index contributed by atoms with van der Waals surface area (Å²) in [5.74, 6) is -0.273. The Morgan fingerprint density at radius 3 is 2.06 bits per heavy atom. The summed E-state index contributed by atoms with van der Waals surface area (Å²) >= 11 is 0. The quantitative estimate of drug-likeness (QED) is 0.774. The maximum absolute atomic E-state index is 11.5. The second-order valence-electron chi connectivity index (χ2n) is 3.63. The molecule has 0 radical (unpaired) electrons. The van der Waals surface area contributed by atoms with Crippen LogP contribution < -0.4 is 5.43 Å². The molecule has 1 aromatic carbocycles. The van der Waals surface area contributed by atoms with Crippen LogP contribution in [0, 0.1) is 0 Å². The number of benzene rings is 1. The predicted molar refractivity (Wildman–Crippen MR) is 60.7 cm³/mol. The van der Waals surface area contributed by atoms with Crippen LogP contribution in [0.15, 0.2) is 29.2 Å². The van der Waals surface area contributed by atoms with Gasteiger partial charge in [-0.1, -0.05) is 0 Å². The highest BCUT2D eigenvalue weighted by Gasteiger charge is 2.09. The molecule has 0 saturated carbocycles. The average molecular weight is 242 g/mol. The van der Waals surface area contributed by atoms with E-state index in [0.717, 1.165) is 6.26 Å². The van der Waals surface area contributed by atoms with Crippen molar-refractivity contribution in [3.05, 3.63) is 29.8 Å². The minimum atomic E-state index is -3.21. The highest BCUT2D eigenvalue weighted by atomic mass is 32.2. The zero-order chi connectivity index (χ0) is 12.3. The first-order chi connectivity index (χ1) is 7.30. The van der Waals surface area contributed by atoms with E-state index in [1.807, 2.05) is 0 Å². The van der Waals surface area contributed by atoms with Gasteiger partial charge >= 0.3 is 0 Å². The molecule has 0 aliphatic rings. The van der Waals surface area contributed by atoms with Crippen molar-refractivity contribution in [1.82, 2.24) is 10.4 Å². The van der Waals surface area contributed by atoms with Crippen LogP contribution in [0.3, 0.4) is 0 Å². The predicted octanol–water partition coefficient (Wildman–Crippen LogP) is 0.296. The molecule has 1 aromatic rings. The molecular weight excluding hydrogens is 228 g/mol. The molecule has 0 aliphatic heterocycles. The van der Waals surface area contributed by atoms with Crippen LogP contribution in [-0.4, -0.2) is 39.7 Å². The lowest BCUT2D eigenvalue weighted by Gasteiger charge is -2.11. The number of hydrogen-bond donors (Lipinski definition) is 1. The Morgan fingerprint density at radius 1 is 1.19 bits per heavy atom. The number of carbonyl (C=O) groups is 1. The molecule has 88 valence electrons. The lowest BCUT2D eigenvalue weighted by Crippen LogP contribution is -2.36. The number of amides is 1. The summed E-state index contributed by atoms with van der Waals surface area (Å²) < 4.78 is 22.4. The zero-order valence-electron chi connectivity index (χ0n) is 9.39. The van der Waals surface area contributed by atoms with Crippen molar-refractivity contribution in [3.8, 4) is 0 Å². The Hall–Kier alpha value is -1.40. The topological polar surface area (TPSA) is 66.5 Å². The largest absolute Gasteiger partial charge is 0.285 e. The summed E-state index contributed by atoms with van der Waals surface area (Å²) in [6.45, 7) is 0. The Labute approximate surface area is 95.0 Å². The summed E-state index contributed by atoms with van der Waals surface area (Å²) in [5, 5.41) is 1.52. The molecule has 1 amide bonds. The van der Waals surface area contributed by atoms with Crippen molar-refractivity contribution in [2.24, 2.45) is 0 Å². The van der Waals surface area contributed by atoms with Crippen molar-refractivity contribution >= 4 is 15.7 Å². The summed E-state index contributed by atoms with van der Waals surface area (Å²) in [5.41, 5.74) is 2.98. The average Bonchev–Trinajstić information content (AvgIpc) is 2.15. The number of sulfone groups is 1. The highest BCUT2D eigenvalue weighted by Crippen LogP contribution is 2.10. The first kappa shape index (κ1) is 12.7. The van der Waals surface area contributed by atoms with Crippen LogP contribution in [0.5, 0.6) is 0 Å². The normalized spacial score (nSPS) is 11.5. The lowest BCUT2D eigenvalue weighted by molar-refractivity contribution is 0.0857. The molecule has 0 bridgehead atoms. The number of nitrogens with one attached hydrogen (secondary N) is 1. The fourth-order valence-corrected chi connectivity index (χ4v) is 1.75. The summed E-state index contributed by atoms with van der Waals surface area (Å²) in [6.07, 6.45) is 1.13. The Kier molecular flexibility index (Phi) is 3.66. The lowest BCUT2D eigenvalue weighted by atomic mass is 10.2. The molecule has 0 fully saturated rings. The Morgan fingerprint density at radius 2 is 1.69 bits per heavy atom. The van der Waals surface area contributed by atoms with E-state index >= 15 is 0 Å². The fraction of sp³-hybridized carbons (Fsp3) is 0.300. The van der Waals surface area contributed by atoms with Crippen LogP contribution in [-0.2, 0) is 9.84 Å². The van der Waals surface area contributed by atoms with Gasteiger partial charge in [0.1, 0.15) is 0 Å². The number of nitrogens with zero attached hydrogens (tertiary/aromatic N) is 1. The SMILES string of the molecule is CN(C)NC(=O)c1ccc(S(C)(=O)=O)cc1. The number of hydrogen-bond acceptors (Lipinski definition) is 4. The molecular formula is C10H14N2O3S. The maximum atomic E-state index is 11.5. The minimum Gasteiger partial charge on any atom is -0.285 e. The number of carbonyl (C=O) groups excluding carboxylic acids is 1. The molecule has 1 N–H and O–H groups in total. The van der Waals surface area contributed by atoms with Gasteiger partial charge in [-0.2, -0.15) is 0 Å². The van der Waals surface area contributed by atoms with E-state index in [1.165, 1.54) is 29.3 Å². The van der Waals surface area contributed by atoms with E-state index < -0.39 is 9.84 Å². The first-order valence-corrected chi connectivity index (χ1v) is 6.48. The molecule has 5 nitrogen and oxygen atoms in total. The molecule has 0 aromatic heterocycles. The van der Waals surface area contributed by atoms with E-state index in [-0.39, 0.29) is 10.8 Å². The summed E-state index contributed by atoms with van der Waals surface area (Å²) in [4.78, 5) is 11.7. The van der Waals surface area contributed by atoms with E-state index in [0.29, 0.717) is 5.56 Å². The van der Waals surface area contributed by atoms with Gasteiger partial charge in [-0.15, -0.1) is 0 Å². The molecule has 1 rings (SSSR count). The maximum Gasteiger partial charge on any atom is 0.265 e. The number of rotatable bonds is 3. The van der Waals surface area contributed by atoms with Crippen LogP contribution >= 0.6 is 0 Å². The van der Waals surface area contributed by atoms with E-state index in [1.54, 1.807) is 14.1 Å². The van der Waals surface area contributed by atoms with E-state index in [2.05, 4.69) is 5.43 Å². The fourth-order valence-electron chi connectivity index (χ4n) is 1.12. The molecule has 6 heteroatoms. The third kappa shape index (κ3) is 3.32. The second-order valence-corrected chi connectivity index (χ2v) is 5.65. The van der Waals surface area contributed by atoms with Gasteiger partial charge in [0.25, 0.3) is 5.91 Å². The second kappa shape index (κ2) is 4.63. The third-order valence-electron chi connectivity index (χ3n) is 1.87. The van der Waals surface area contributed by atoms with Crippen LogP contribution in [0.25, 0.3) is 0 Å². The van der Waals surface area contributed by atoms with Gasteiger partial charge in [-0.05, 0) is 24.3 Å². The van der Waals surface area contributed by atoms with Gasteiger partial charge in [-0.3, -0.25) is 10.2 Å². The summed E-state index contributed by atoms with van der Waals surface area (Å²) in [7, 11) is 0.184. The summed E-state index contributed by atoms with van der Waals surface area (Å²) in [6, 6.07) is 5.80. The minimum absolute atomic E-state index is 0.203. The Balaban J connectivity index is 2.92. The zero-order valence-corrected chi connectivity index (χ0v) is 10.2. The first-order valence-electron chi connectivity index (χ1n) is 4.59. The molecule has 0 aliphatic carbocycles. The third-order valence-corrected chi connectivity index (χ3v) is 3.00. The molecule has 0 unspecified atom stereocenters. The van der Waals surface area contributed by atoms with Crippen LogP contribution in [0.4, 0.5) is 0 Å². The van der Waals surface area contributed by atoms with E-state index in [4.69, 9.17) is 0 Å². The van der Waals surface area contributed by atoms with Crippen LogP contribution in [0.2, 0.25) is 0 Å². The number of hydrazine groups is 1. The molecule has 0 saturated heterocycles.